The van der Waals surface area contributed by atoms with Gasteiger partial charge < -0.3 is 4.74 Å². The molecule has 124 valence electrons. The van der Waals surface area contributed by atoms with E-state index in [1.54, 1.807) is 30.3 Å². The Morgan fingerprint density at radius 3 is 2.29 bits per heavy atom. The number of halogens is 3. The zero-order chi connectivity index (χ0) is 17.4. The molecule has 0 saturated carbocycles. The predicted molar refractivity (Wildman–Crippen MR) is 79.2 cm³/mol. The minimum Gasteiger partial charge on any atom is -0.460 e. The largest absolute Gasteiger partial charge is 0.460 e. The molecule has 0 spiro atoms. The van der Waals surface area contributed by atoms with E-state index < -0.39 is 29.8 Å². The molecule has 3 rings (SSSR count). The maximum atomic E-state index is 13.7. The fourth-order valence-electron chi connectivity index (χ4n) is 2.85. The number of carbonyl (C=O) groups is 2. The van der Waals surface area contributed by atoms with Crippen LogP contribution in [-0.2, 0) is 22.6 Å². The van der Waals surface area contributed by atoms with Crippen molar-refractivity contribution >= 4 is 11.8 Å². The number of esters is 1. The first-order chi connectivity index (χ1) is 11.4. The molecular formula is C18H13F3O3. The smallest absolute Gasteiger partial charge is 0.412 e. The monoisotopic (exact) mass is 334 g/mol. The first-order valence-electron chi connectivity index (χ1n) is 7.27. The van der Waals surface area contributed by atoms with Gasteiger partial charge in [-0.1, -0.05) is 54.6 Å². The van der Waals surface area contributed by atoms with Gasteiger partial charge in [0.2, 0.25) is 5.41 Å². The molecule has 24 heavy (non-hydrogen) atoms. The van der Waals surface area contributed by atoms with Crippen molar-refractivity contribution in [2.75, 3.05) is 0 Å². The maximum Gasteiger partial charge on any atom is 0.412 e. The van der Waals surface area contributed by atoms with Crippen LogP contribution in [0.5, 0.6) is 0 Å². The summed E-state index contributed by atoms with van der Waals surface area (Å²) in [6, 6.07) is 14.1. The second-order valence-corrected chi connectivity index (χ2v) is 5.63. The second-order valence-electron chi connectivity index (χ2n) is 5.63. The quantitative estimate of drug-likeness (QED) is 0.635. The van der Waals surface area contributed by atoms with Crippen molar-refractivity contribution in [3.8, 4) is 0 Å². The molecule has 0 radical (unpaired) electrons. The van der Waals surface area contributed by atoms with Crippen LogP contribution >= 0.6 is 0 Å². The van der Waals surface area contributed by atoms with Crippen molar-refractivity contribution in [3.05, 3.63) is 71.3 Å². The SMILES string of the molecule is O=C(OCc1ccccc1)C1(C(F)(F)F)Cc2ccccc2C1=O. The Balaban J connectivity index is 1.91. The van der Waals surface area contributed by atoms with Gasteiger partial charge in [0.1, 0.15) is 6.61 Å². The van der Waals surface area contributed by atoms with Crippen LogP contribution in [0.2, 0.25) is 0 Å². The van der Waals surface area contributed by atoms with E-state index in [9.17, 15) is 22.8 Å². The normalized spacial score (nSPS) is 19.9. The van der Waals surface area contributed by atoms with Gasteiger partial charge in [-0.25, -0.2) is 0 Å². The minimum atomic E-state index is -5.03. The van der Waals surface area contributed by atoms with Crippen LogP contribution in [0.25, 0.3) is 0 Å². The summed E-state index contributed by atoms with van der Waals surface area (Å²) in [4.78, 5) is 24.7. The van der Waals surface area contributed by atoms with E-state index in [4.69, 9.17) is 4.74 Å². The highest BCUT2D eigenvalue weighted by Gasteiger charge is 2.69. The van der Waals surface area contributed by atoms with Gasteiger partial charge in [-0.2, -0.15) is 13.2 Å². The summed E-state index contributed by atoms with van der Waals surface area (Å²) < 4.78 is 45.9. The molecular weight excluding hydrogens is 321 g/mol. The van der Waals surface area contributed by atoms with Crippen molar-refractivity contribution in [2.24, 2.45) is 5.41 Å². The lowest BCUT2D eigenvalue weighted by Gasteiger charge is -2.27. The third kappa shape index (κ3) is 2.48. The summed E-state index contributed by atoms with van der Waals surface area (Å²) in [6.45, 7) is -0.318. The maximum absolute atomic E-state index is 13.7. The molecule has 1 aliphatic carbocycles. The Kier molecular flexibility index (Phi) is 3.91. The van der Waals surface area contributed by atoms with Crippen LogP contribution < -0.4 is 0 Å². The lowest BCUT2D eigenvalue weighted by molar-refractivity contribution is -0.218. The predicted octanol–water partition coefficient (Wildman–Crippen LogP) is 3.72. The Morgan fingerprint density at radius 1 is 1.04 bits per heavy atom. The van der Waals surface area contributed by atoms with E-state index in [1.165, 1.54) is 24.3 Å². The van der Waals surface area contributed by atoms with E-state index in [0.717, 1.165) is 0 Å². The van der Waals surface area contributed by atoms with Crippen LogP contribution in [0.1, 0.15) is 21.5 Å². The Labute approximate surface area is 136 Å². The molecule has 0 bridgehead atoms. The van der Waals surface area contributed by atoms with Crippen molar-refractivity contribution in [1.29, 1.82) is 0 Å². The van der Waals surface area contributed by atoms with Crippen LogP contribution in [0.15, 0.2) is 54.6 Å². The van der Waals surface area contributed by atoms with E-state index >= 15 is 0 Å². The van der Waals surface area contributed by atoms with E-state index in [1.807, 2.05) is 0 Å². The number of hydrogen-bond donors (Lipinski definition) is 0. The highest BCUT2D eigenvalue weighted by atomic mass is 19.4. The third-order valence-corrected chi connectivity index (χ3v) is 4.15. The summed E-state index contributed by atoms with van der Waals surface area (Å²) >= 11 is 0. The van der Waals surface area contributed by atoms with Gasteiger partial charge in [-0.3, -0.25) is 9.59 Å². The van der Waals surface area contributed by atoms with Crippen molar-refractivity contribution in [3.63, 3.8) is 0 Å². The first-order valence-corrected chi connectivity index (χ1v) is 7.27. The van der Waals surface area contributed by atoms with Crippen molar-refractivity contribution < 1.29 is 27.5 Å². The first kappa shape index (κ1) is 16.2. The summed E-state index contributed by atoms with van der Waals surface area (Å²) in [5.41, 5.74) is -2.49. The zero-order valence-electron chi connectivity index (χ0n) is 12.5. The second kappa shape index (κ2) is 5.78. The molecule has 0 aliphatic heterocycles. The molecule has 6 heteroatoms. The average Bonchev–Trinajstić information content (AvgIpc) is 2.88. The van der Waals surface area contributed by atoms with E-state index in [-0.39, 0.29) is 17.7 Å². The van der Waals surface area contributed by atoms with Crippen LogP contribution in [0.3, 0.4) is 0 Å². The molecule has 1 atom stereocenters. The molecule has 1 unspecified atom stereocenters. The highest BCUT2D eigenvalue weighted by Crippen LogP contribution is 2.49. The molecule has 0 amide bonds. The molecule has 0 fully saturated rings. The average molecular weight is 334 g/mol. The summed E-state index contributed by atoms with van der Waals surface area (Å²) in [5.74, 6) is -2.80. The number of alkyl halides is 3. The Bertz CT molecular complexity index is 784. The lowest BCUT2D eigenvalue weighted by Crippen LogP contribution is -2.50. The van der Waals surface area contributed by atoms with E-state index in [2.05, 4.69) is 0 Å². The van der Waals surface area contributed by atoms with Crippen molar-refractivity contribution in [1.82, 2.24) is 0 Å². The molecule has 0 saturated heterocycles. The standard InChI is InChI=1S/C18H13F3O3/c19-18(20,21)17(10-13-8-4-5-9-14(13)15(17)22)16(23)24-11-12-6-2-1-3-7-12/h1-9H,10-11H2. The third-order valence-electron chi connectivity index (χ3n) is 4.15. The summed E-state index contributed by atoms with van der Waals surface area (Å²) in [5, 5.41) is 0. The van der Waals surface area contributed by atoms with Gasteiger partial charge >= 0.3 is 12.1 Å². The molecule has 2 aromatic rings. The highest BCUT2D eigenvalue weighted by molar-refractivity contribution is 6.16. The number of benzene rings is 2. The van der Waals surface area contributed by atoms with Gasteiger partial charge in [0, 0.05) is 12.0 Å². The molecule has 2 aromatic carbocycles. The number of rotatable bonds is 3. The van der Waals surface area contributed by atoms with Crippen LogP contribution in [0.4, 0.5) is 13.2 Å². The van der Waals surface area contributed by atoms with Crippen LogP contribution in [0, 0.1) is 5.41 Å². The van der Waals surface area contributed by atoms with Gasteiger partial charge in [-0.15, -0.1) is 0 Å². The van der Waals surface area contributed by atoms with E-state index in [0.29, 0.717) is 5.56 Å². The number of Topliss-reactive ketones (excluding diaryl/α,β-unsaturated/α-hetero) is 1. The number of hydrogen-bond acceptors (Lipinski definition) is 3. The number of ether oxygens (including phenoxy) is 1. The number of carbonyl (C=O) groups excluding carboxylic acids is 2. The molecule has 0 heterocycles. The molecule has 1 aliphatic rings. The fraction of sp³-hybridized carbons (Fsp3) is 0.222. The lowest BCUT2D eigenvalue weighted by atomic mass is 9.83. The zero-order valence-corrected chi connectivity index (χ0v) is 12.5. The van der Waals surface area contributed by atoms with Gasteiger partial charge in [0.15, 0.2) is 5.78 Å². The summed E-state index contributed by atoms with van der Waals surface area (Å²) in [7, 11) is 0. The van der Waals surface area contributed by atoms with Gasteiger partial charge in [0.05, 0.1) is 0 Å². The Morgan fingerprint density at radius 2 is 1.67 bits per heavy atom. The molecule has 0 N–H and O–H groups in total. The minimum absolute atomic E-state index is 0.0773. The fourth-order valence-corrected chi connectivity index (χ4v) is 2.85. The van der Waals surface area contributed by atoms with Gasteiger partial charge in [0.25, 0.3) is 0 Å². The summed E-state index contributed by atoms with van der Waals surface area (Å²) in [6.07, 6.45) is -5.75. The number of fused-ring (bicyclic) bond motifs is 1. The van der Waals surface area contributed by atoms with Crippen molar-refractivity contribution in [2.45, 2.75) is 19.2 Å². The van der Waals surface area contributed by atoms with Gasteiger partial charge in [-0.05, 0) is 11.1 Å². The topological polar surface area (TPSA) is 43.4 Å². The molecule has 3 nitrogen and oxygen atoms in total. The Hall–Kier alpha value is -2.63. The van der Waals surface area contributed by atoms with Crippen LogP contribution in [-0.4, -0.2) is 17.9 Å². The number of ketones is 1. The molecule has 0 aromatic heterocycles.